The van der Waals surface area contributed by atoms with Gasteiger partial charge in [-0.2, -0.15) is 0 Å². The van der Waals surface area contributed by atoms with Gasteiger partial charge in [-0.3, -0.25) is 4.79 Å². The lowest BCUT2D eigenvalue weighted by molar-refractivity contribution is -0.127. The van der Waals surface area contributed by atoms with Gasteiger partial charge in [-0.25, -0.2) is 0 Å². The van der Waals surface area contributed by atoms with Gasteiger partial charge in [-0.05, 0) is 19.8 Å². The molecule has 82 valence electrons. The predicted molar refractivity (Wildman–Crippen MR) is 54.9 cm³/mol. The number of nitrogens with two attached hydrogens (primary N) is 1. The molecule has 0 aromatic heterocycles. The van der Waals surface area contributed by atoms with E-state index in [4.69, 9.17) is 10.5 Å². The van der Waals surface area contributed by atoms with E-state index in [-0.39, 0.29) is 18.1 Å². The van der Waals surface area contributed by atoms with Crippen LogP contribution in [0.4, 0.5) is 0 Å². The van der Waals surface area contributed by atoms with Crippen LogP contribution in [0.5, 0.6) is 0 Å². The first-order chi connectivity index (χ1) is 6.66. The van der Waals surface area contributed by atoms with Crippen LogP contribution in [0.3, 0.4) is 0 Å². The highest BCUT2D eigenvalue weighted by molar-refractivity contribution is 5.78. The molecule has 4 nitrogen and oxygen atoms in total. The summed E-state index contributed by atoms with van der Waals surface area (Å²) in [5.41, 5.74) is 5.25. The smallest absolute Gasteiger partial charge is 0.246 e. The Bertz CT molecular complexity index is 189. The first kappa shape index (κ1) is 11.5. The van der Waals surface area contributed by atoms with Crippen LogP contribution in [0, 0.1) is 0 Å². The van der Waals surface area contributed by atoms with Gasteiger partial charge in [-0.1, -0.05) is 12.8 Å². The molecule has 1 aliphatic rings. The molecule has 1 aliphatic carbocycles. The molecule has 0 saturated heterocycles. The third-order valence-electron chi connectivity index (χ3n) is 2.64. The number of carbonyl (C=O) groups excluding carboxylic acids is 1. The summed E-state index contributed by atoms with van der Waals surface area (Å²) in [6.07, 6.45) is 4.58. The monoisotopic (exact) mass is 200 g/mol. The maximum atomic E-state index is 11.4. The number of amides is 1. The number of nitrogens with one attached hydrogen (secondary N) is 1. The van der Waals surface area contributed by atoms with E-state index >= 15 is 0 Å². The highest BCUT2D eigenvalue weighted by Crippen LogP contribution is 2.28. The predicted octanol–water partition coefficient (Wildman–Crippen LogP) is 0.411. The lowest BCUT2D eigenvalue weighted by Crippen LogP contribution is -2.45. The van der Waals surface area contributed by atoms with Gasteiger partial charge in [0.05, 0.1) is 6.61 Å². The number of hydrogen-bond acceptors (Lipinski definition) is 3. The molecule has 0 bridgehead atoms. The minimum Gasteiger partial charge on any atom is -0.370 e. The zero-order valence-corrected chi connectivity index (χ0v) is 8.84. The summed E-state index contributed by atoms with van der Waals surface area (Å²) < 4.78 is 5.06. The van der Waals surface area contributed by atoms with E-state index in [1.54, 1.807) is 0 Å². The van der Waals surface area contributed by atoms with Crippen molar-refractivity contribution in [1.82, 2.24) is 5.32 Å². The molecule has 0 radical (unpaired) electrons. The van der Waals surface area contributed by atoms with Crippen molar-refractivity contribution in [1.29, 1.82) is 0 Å². The van der Waals surface area contributed by atoms with Crippen molar-refractivity contribution < 1.29 is 9.53 Å². The second-order valence-corrected chi connectivity index (χ2v) is 4.16. The van der Waals surface area contributed by atoms with Crippen LogP contribution in [-0.2, 0) is 9.53 Å². The van der Waals surface area contributed by atoms with Crippen LogP contribution in [0.25, 0.3) is 0 Å². The van der Waals surface area contributed by atoms with Crippen molar-refractivity contribution in [2.75, 3.05) is 19.8 Å². The summed E-state index contributed by atoms with van der Waals surface area (Å²) in [4.78, 5) is 11.4. The third kappa shape index (κ3) is 3.64. The minimum atomic E-state index is -0.0251. The van der Waals surface area contributed by atoms with E-state index in [9.17, 15) is 4.79 Å². The zero-order valence-electron chi connectivity index (χ0n) is 8.84. The van der Waals surface area contributed by atoms with Gasteiger partial charge in [0.15, 0.2) is 0 Å². The fraction of sp³-hybridized carbons (Fsp3) is 0.900. The van der Waals surface area contributed by atoms with E-state index in [2.05, 4.69) is 12.2 Å². The van der Waals surface area contributed by atoms with Gasteiger partial charge < -0.3 is 15.8 Å². The Morgan fingerprint density at radius 3 is 2.71 bits per heavy atom. The van der Waals surface area contributed by atoms with E-state index in [0.29, 0.717) is 13.2 Å². The molecule has 4 heteroatoms. The molecule has 1 amide bonds. The maximum Gasteiger partial charge on any atom is 0.246 e. The largest absolute Gasteiger partial charge is 0.370 e. The van der Waals surface area contributed by atoms with Crippen LogP contribution in [0.15, 0.2) is 0 Å². The summed E-state index contributed by atoms with van der Waals surface area (Å²) in [6, 6.07) is 0. The number of hydrogen-bond donors (Lipinski definition) is 2. The molecule has 0 heterocycles. The minimum absolute atomic E-state index is 0.00313. The molecular weight excluding hydrogens is 180 g/mol. The van der Waals surface area contributed by atoms with Crippen LogP contribution in [0.1, 0.15) is 32.6 Å². The van der Waals surface area contributed by atoms with E-state index in [0.717, 1.165) is 12.8 Å². The lowest BCUT2D eigenvalue weighted by atomic mass is 10.0. The van der Waals surface area contributed by atoms with Gasteiger partial charge in [0.1, 0.15) is 6.61 Å². The van der Waals surface area contributed by atoms with Crippen molar-refractivity contribution >= 4 is 5.91 Å². The van der Waals surface area contributed by atoms with Crippen molar-refractivity contribution in [2.24, 2.45) is 5.73 Å². The Hall–Kier alpha value is -0.610. The van der Waals surface area contributed by atoms with E-state index < -0.39 is 0 Å². The molecule has 0 aromatic rings. The standard InChI is InChI=1S/C10H20N2O2/c1-10(4-2-3-5-10)12-9(13)8-14-7-6-11/h2-8,11H2,1H3,(H,12,13). The van der Waals surface area contributed by atoms with Crippen molar-refractivity contribution in [3.05, 3.63) is 0 Å². The molecule has 1 rings (SSSR count). The van der Waals surface area contributed by atoms with Crippen LogP contribution in [-0.4, -0.2) is 31.2 Å². The molecule has 0 unspecified atom stereocenters. The number of rotatable bonds is 5. The van der Waals surface area contributed by atoms with Gasteiger partial charge in [0, 0.05) is 12.1 Å². The summed E-state index contributed by atoms with van der Waals surface area (Å²) in [5.74, 6) is -0.0251. The van der Waals surface area contributed by atoms with Crippen molar-refractivity contribution in [3.8, 4) is 0 Å². The summed E-state index contributed by atoms with van der Waals surface area (Å²) >= 11 is 0. The maximum absolute atomic E-state index is 11.4. The van der Waals surface area contributed by atoms with E-state index in [1.807, 2.05) is 0 Å². The Balaban J connectivity index is 2.19. The molecule has 0 aromatic carbocycles. The Morgan fingerprint density at radius 2 is 2.14 bits per heavy atom. The highest BCUT2D eigenvalue weighted by Gasteiger charge is 2.29. The van der Waals surface area contributed by atoms with Gasteiger partial charge >= 0.3 is 0 Å². The average molecular weight is 200 g/mol. The van der Waals surface area contributed by atoms with Gasteiger partial charge in [0.25, 0.3) is 0 Å². The quantitative estimate of drug-likeness (QED) is 0.632. The lowest BCUT2D eigenvalue weighted by Gasteiger charge is -2.25. The van der Waals surface area contributed by atoms with E-state index in [1.165, 1.54) is 12.8 Å². The Labute approximate surface area is 85.2 Å². The molecule has 0 aliphatic heterocycles. The second-order valence-electron chi connectivity index (χ2n) is 4.16. The zero-order chi connectivity index (χ0) is 10.4. The molecule has 1 fully saturated rings. The highest BCUT2D eigenvalue weighted by atomic mass is 16.5. The number of ether oxygens (including phenoxy) is 1. The molecule has 0 spiro atoms. The number of carbonyl (C=O) groups is 1. The molecule has 1 saturated carbocycles. The summed E-state index contributed by atoms with van der Waals surface area (Å²) in [6.45, 7) is 3.14. The SMILES string of the molecule is CC1(NC(=O)COCCN)CCCC1. The molecule has 3 N–H and O–H groups in total. The second kappa shape index (κ2) is 5.32. The molecule has 14 heavy (non-hydrogen) atoms. The van der Waals surface area contributed by atoms with Crippen LogP contribution < -0.4 is 11.1 Å². The summed E-state index contributed by atoms with van der Waals surface area (Å²) in [5, 5.41) is 3.01. The fourth-order valence-corrected chi connectivity index (χ4v) is 1.90. The van der Waals surface area contributed by atoms with Crippen molar-refractivity contribution in [2.45, 2.75) is 38.1 Å². The average Bonchev–Trinajstić information content (AvgIpc) is 2.52. The molecule has 0 atom stereocenters. The van der Waals surface area contributed by atoms with Gasteiger partial charge in [-0.15, -0.1) is 0 Å². The van der Waals surface area contributed by atoms with Gasteiger partial charge in [0.2, 0.25) is 5.91 Å². The summed E-state index contributed by atoms with van der Waals surface area (Å²) in [7, 11) is 0. The first-order valence-corrected chi connectivity index (χ1v) is 5.25. The topological polar surface area (TPSA) is 64.3 Å². The van der Waals surface area contributed by atoms with Crippen LogP contribution >= 0.6 is 0 Å². The Morgan fingerprint density at radius 1 is 1.50 bits per heavy atom. The van der Waals surface area contributed by atoms with Crippen molar-refractivity contribution in [3.63, 3.8) is 0 Å². The van der Waals surface area contributed by atoms with Crippen LogP contribution in [0.2, 0.25) is 0 Å². The third-order valence-corrected chi connectivity index (χ3v) is 2.64. The normalized spacial score (nSPS) is 19.6. The fourth-order valence-electron chi connectivity index (χ4n) is 1.90. The first-order valence-electron chi connectivity index (χ1n) is 5.25. The Kier molecular flexibility index (Phi) is 4.35. The molecular formula is C10H20N2O2.